The van der Waals surface area contributed by atoms with Gasteiger partial charge in [0.05, 0.1) is 4.88 Å². The molecule has 0 aliphatic heterocycles. The lowest BCUT2D eigenvalue weighted by Gasteiger charge is -2.23. The number of hydrogen-bond donors (Lipinski definition) is 2. The van der Waals surface area contributed by atoms with Crippen molar-refractivity contribution in [2.75, 3.05) is 6.54 Å². The zero-order valence-corrected chi connectivity index (χ0v) is 9.53. The Hall–Kier alpha value is -0.660. The normalized spacial score (nSPS) is 16.1. The third-order valence-corrected chi connectivity index (χ3v) is 3.44. The second kappa shape index (κ2) is 4.68. The van der Waals surface area contributed by atoms with Crippen LogP contribution in [0.5, 0.6) is 0 Å². The van der Waals surface area contributed by atoms with Gasteiger partial charge in [-0.25, -0.2) is 4.98 Å². The van der Waals surface area contributed by atoms with Crippen LogP contribution in [0.2, 0.25) is 0 Å². The molecule has 0 bridgehead atoms. The van der Waals surface area contributed by atoms with Crippen molar-refractivity contribution in [3.63, 3.8) is 0 Å². The Morgan fingerprint density at radius 1 is 1.50 bits per heavy atom. The van der Waals surface area contributed by atoms with Crippen LogP contribution in [-0.4, -0.2) is 16.6 Å². The molecule has 1 unspecified atom stereocenters. The van der Waals surface area contributed by atoms with Gasteiger partial charge in [0, 0.05) is 12.7 Å². The molecule has 0 aromatic carbocycles. The average Bonchev–Trinajstić information content (AvgIpc) is 2.66. The van der Waals surface area contributed by atoms with Gasteiger partial charge >= 0.3 is 6.18 Å². The number of alkyl halides is 3. The van der Waals surface area contributed by atoms with Gasteiger partial charge in [0.1, 0.15) is 5.60 Å². The lowest BCUT2D eigenvalue weighted by atomic mass is 9.97. The van der Waals surface area contributed by atoms with Gasteiger partial charge < -0.3 is 10.8 Å². The van der Waals surface area contributed by atoms with E-state index in [0.29, 0.717) is 24.2 Å². The molecule has 3 nitrogen and oxygen atoms in total. The van der Waals surface area contributed by atoms with E-state index in [-0.39, 0.29) is 11.4 Å². The fraction of sp³-hybridized carbons (Fsp3) is 0.667. The SMILES string of the molecule is CCCC(O)(CN)c1cnc(C(F)(F)F)s1. The maximum atomic E-state index is 12.3. The molecule has 0 amide bonds. The number of halogens is 3. The molecule has 1 atom stereocenters. The first-order valence-electron chi connectivity index (χ1n) is 4.79. The van der Waals surface area contributed by atoms with Gasteiger partial charge in [-0.15, -0.1) is 11.3 Å². The van der Waals surface area contributed by atoms with Crippen LogP contribution in [0.25, 0.3) is 0 Å². The zero-order valence-electron chi connectivity index (χ0n) is 8.71. The molecule has 0 spiro atoms. The van der Waals surface area contributed by atoms with Crippen molar-refractivity contribution in [2.24, 2.45) is 5.73 Å². The summed E-state index contributed by atoms with van der Waals surface area (Å²) in [5.41, 5.74) is 4.00. The quantitative estimate of drug-likeness (QED) is 0.865. The summed E-state index contributed by atoms with van der Waals surface area (Å²) in [6.45, 7) is 1.71. The molecule has 0 saturated heterocycles. The Bertz CT molecular complexity index is 353. The lowest BCUT2D eigenvalue weighted by molar-refractivity contribution is -0.137. The maximum Gasteiger partial charge on any atom is 0.443 e. The maximum absolute atomic E-state index is 12.3. The van der Waals surface area contributed by atoms with E-state index in [4.69, 9.17) is 5.73 Å². The van der Waals surface area contributed by atoms with Crippen LogP contribution >= 0.6 is 11.3 Å². The van der Waals surface area contributed by atoms with Gasteiger partial charge in [0.25, 0.3) is 0 Å². The molecule has 7 heteroatoms. The van der Waals surface area contributed by atoms with E-state index < -0.39 is 16.8 Å². The first-order chi connectivity index (χ1) is 7.33. The minimum absolute atomic E-state index is 0.111. The average molecular weight is 254 g/mol. The van der Waals surface area contributed by atoms with E-state index in [2.05, 4.69) is 4.98 Å². The number of aromatic nitrogens is 1. The third kappa shape index (κ3) is 2.72. The molecule has 0 aliphatic rings. The van der Waals surface area contributed by atoms with Crippen molar-refractivity contribution in [1.82, 2.24) is 4.98 Å². The van der Waals surface area contributed by atoms with Gasteiger partial charge in [-0.2, -0.15) is 13.2 Å². The number of hydrogen-bond acceptors (Lipinski definition) is 4. The first kappa shape index (κ1) is 13.4. The van der Waals surface area contributed by atoms with Crippen molar-refractivity contribution in [1.29, 1.82) is 0 Å². The van der Waals surface area contributed by atoms with Crippen LogP contribution < -0.4 is 5.73 Å². The number of nitrogens with two attached hydrogens (primary N) is 1. The monoisotopic (exact) mass is 254 g/mol. The van der Waals surface area contributed by atoms with Gasteiger partial charge in [0.15, 0.2) is 5.01 Å². The van der Waals surface area contributed by atoms with Crippen molar-refractivity contribution in [2.45, 2.75) is 31.5 Å². The van der Waals surface area contributed by atoms with Crippen LogP contribution in [0.15, 0.2) is 6.20 Å². The molecule has 3 N–H and O–H groups in total. The van der Waals surface area contributed by atoms with Gasteiger partial charge in [-0.3, -0.25) is 0 Å². The molecule has 0 fully saturated rings. The highest BCUT2D eigenvalue weighted by Crippen LogP contribution is 2.37. The van der Waals surface area contributed by atoms with Crippen LogP contribution in [0.4, 0.5) is 13.2 Å². The van der Waals surface area contributed by atoms with Crippen LogP contribution in [-0.2, 0) is 11.8 Å². The van der Waals surface area contributed by atoms with Crippen LogP contribution in [0, 0.1) is 0 Å². The van der Waals surface area contributed by atoms with E-state index in [9.17, 15) is 18.3 Å². The molecule has 1 aromatic heterocycles. The Morgan fingerprint density at radius 3 is 2.50 bits per heavy atom. The minimum atomic E-state index is -4.47. The summed E-state index contributed by atoms with van der Waals surface area (Å²) >= 11 is 0.445. The molecular formula is C9H13F3N2OS. The van der Waals surface area contributed by atoms with Crippen molar-refractivity contribution >= 4 is 11.3 Å². The molecule has 16 heavy (non-hydrogen) atoms. The highest BCUT2D eigenvalue weighted by atomic mass is 32.1. The van der Waals surface area contributed by atoms with Gasteiger partial charge in [-0.05, 0) is 6.42 Å². The Labute approximate surface area is 95.1 Å². The molecule has 92 valence electrons. The number of nitrogens with zero attached hydrogens (tertiary/aromatic N) is 1. The summed E-state index contributed by atoms with van der Waals surface area (Å²) in [6, 6.07) is 0. The molecule has 0 aliphatic carbocycles. The summed E-state index contributed by atoms with van der Waals surface area (Å²) in [7, 11) is 0. The number of thiazole rings is 1. The van der Waals surface area contributed by atoms with Crippen molar-refractivity contribution in [3.8, 4) is 0 Å². The fourth-order valence-corrected chi connectivity index (χ4v) is 2.27. The van der Waals surface area contributed by atoms with Crippen LogP contribution in [0.3, 0.4) is 0 Å². The number of rotatable bonds is 4. The standard InChI is InChI=1S/C9H13F3N2OS/c1-2-3-8(15,5-13)6-4-14-7(16-6)9(10,11)12/h4,15H,2-3,5,13H2,1H3. The Balaban J connectivity index is 3.00. The van der Waals surface area contributed by atoms with Crippen LogP contribution in [0.1, 0.15) is 29.7 Å². The molecule has 0 radical (unpaired) electrons. The summed E-state index contributed by atoms with van der Waals surface area (Å²) in [5.74, 6) is 0. The van der Waals surface area contributed by atoms with Gasteiger partial charge in [-0.1, -0.05) is 13.3 Å². The highest BCUT2D eigenvalue weighted by Gasteiger charge is 2.37. The third-order valence-electron chi connectivity index (χ3n) is 2.21. The van der Waals surface area contributed by atoms with E-state index in [1.54, 1.807) is 0 Å². The predicted molar refractivity (Wildman–Crippen MR) is 55.0 cm³/mol. The van der Waals surface area contributed by atoms with E-state index in [1.807, 2.05) is 6.92 Å². The summed E-state index contributed by atoms with van der Waals surface area (Å²) in [5, 5.41) is 9.10. The van der Waals surface area contributed by atoms with Crippen molar-refractivity contribution in [3.05, 3.63) is 16.1 Å². The Kier molecular flexibility index (Phi) is 3.92. The van der Waals surface area contributed by atoms with E-state index in [1.165, 1.54) is 0 Å². The predicted octanol–water partition coefficient (Wildman–Crippen LogP) is 2.11. The lowest BCUT2D eigenvalue weighted by Crippen LogP contribution is -2.33. The molecule has 1 aromatic rings. The van der Waals surface area contributed by atoms with Gasteiger partial charge in [0.2, 0.25) is 0 Å². The summed E-state index contributed by atoms with van der Waals surface area (Å²) < 4.78 is 36.9. The smallest absolute Gasteiger partial charge is 0.383 e. The molecule has 0 saturated carbocycles. The topological polar surface area (TPSA) is 59.1 Å². The Morgan fingerprint density at radius 2 is 2.12 bits per heavy atom. The summed E-state index contributed by atoms with van der Waals surface area (Å²) in [4.78, 5) is 3.43. The van der Waals surface area contributed by atoms with Crippen molar-refractivity contribution < 1.29 is 18.3 Å². The zero-order chi connectivity index (χ0) is 12.4. The molecular weight excluding hydrogens is 241 g/mol. The first-order valence-corrected chi connectivity index (χ1v) is 5.61. The largest absolute Gasteiger partial charge is 0.443 e. The minimum Gasteiger partial charge on any atom is -0.383 e. The summed E-state index contributed by atoms with van der Waals surface area (Å²) in [6.07, 6.45) is -2.46. The molecule has 1 heterocycles. The second-order valence-electron chi connectivity index (χ2n) is 3.51. The van der Waals surface area contributed by atoms with E-state index >= 15 is 0 Å². The number of aliphatic hydroxyl groups is 1. The fourth-order valence-electron chi connectivity index (χ4n) is 1.36. The molecule has 1 rings (SSSR count). The van der Waals surface area contributed by atoms with E-state index in [0.717, 1.165) is 6.20 Å². The highest BCUT2D eigenvalue weighted by molar-refractivity contribution is 7.11. The second-order valence-corrected chi connectivity index (χ2v) is 4.54.